The van der Waals surface area contributed by atoms with Gasteiger partial charge in [-0.25, -0.2) is 0 Å². The zero-order valence-electron chi connectivity index (χ0n) is 6.31. The van der Waals surface area contributed by atoms with Gasteiger partial charge in [0, 0.05) is 13.2 Å². The first-order chi connectivity index (χ1) is 2.83. The van der Waals surface area contributed by atoms with Crippen LogP contribution in [-0.2, 0) is 0 Å². The molecule has 7 heavy (non-hydrogen) atoms. The summed E-state index contributed by atoms with van der Waals surface area (Å²) in [5.74, 6) is 0. The van der Waals surface area contributed by atoms with Crippen LogP contribution in [0.2, 0.25) is 0 Å². The van der Waals surface area contributed by atoms with Gasteiger partial charge in [-0.05, 0) is 13.8 Å². The molecule has 0 saturated heterocycles. The predicted molar refractivity (Wildman–Crippen MR) is 26.6 cm³/mol. The third-order valence-corrected chi connectivity index (χ3v) is 0. The Morgan fingerprint density at radius 1 is 1.14 bits per heavy atom. The molecule has 0 aromatic carbocycles. The van der Waals surface area contributed by atoms with Crippen molar-refractivity contribution in [2.75, 3.05) is 13.2 Å². The average molecular weight is 116 g/mol. The third-order valence-electron chi connectivity index (χ3n) is 0. The van der Waals surface area contributed by atoms with E-state index in [4.69, 9.17) is 10.2 Å². The third kappa shape index (κ3) is 198. The van der Waals surface area contributed by atoms with E-state index in [9.17, 15) is 0 Å². The molecule has 0 spiro atoms. The van der Waals surface area contributed by atoms with Gasteiger partial charge in [-0.1, -0.05) is 0 Å². The smallest absolute Gasteiger partial charge is 1.00 e. The zero-order chi connectivity index (χ0) is 5.41. The summed E-state index contributed by atoms with van der Waals surface area (Å²) in [5, 5.41) is 15.1. The molecule has 2 N–H and O–H groups in total. The molecule has 0 fully saturated rings. The van der Waals surface area contributed by atoms with E-state index in [-0.39, 0.29) is 44.2 Å². The molecule has 0 saturated carbocycles. The number of aliphatic hydroxyl groups is 2. The maximum Gasteiger partial charge on any atom is 1.00 e. The molecule has 0 unspecified atom stereocenters. The Labute approximate surface area is 68.3 Å². The van der Waals surface area contributed by atoms with Crippen molar-refractivity contribution in [3.8, 4) is 0 Å². The van der Waals surface area contributed by atoms with E-state index in [0.29, 0.717) is 0 Å². The van der Waals surface area contributed by atoms with Gasteiger partial charge in [-0.2, -0.15) is 0 Å². The van der Waals surface area contributed by atoms with E-state index in [0.717, 1.165) is 0 Å². The van der Waals surface area contributed by atoms with Crippen LogP contribution in [0, 0.1) is 0 Å². The van der Waals surface area contributed by atoms with Crippen molar-refractivity contribution >= 4 is 0 Å². The van der Waals surface area contributed by atoms with E-state index in [1.165, 1.54) is 0 Å². The Morgan fingerprint density at radius 2 is 1.14 bits per heavy atom. The molecular weight excluding hydrogens is 103 g/mol. The van der Waals surface area contributed by atoms with E-state index >= 15 is 0 Å². The van der Waals surface area contributed by atoms with Crippen LogP contribution in [-0.4, -0.2) is 23.4 Å². The van der Waals surface area contributed by atoms with Gasteiger partial charge >= 0.3 is 29.6 Å². The Morgan fingerprint density at radius 3 is 1.14 bits per heavy atom. The normalized spacial score (nSPS) is 5.14. The Kier molecular flexibility index (Phi) is 63.7. The molecule has 0 bridgehead atoms. The molecule has 0 aliphatic heterocycles. The number of aliphatic hydroxyl groups excluding tert-OH is 2. The van der Waals surface area contributed by atoms with E-state index < -0.39 is 0 Å². The summed E-state index contributed by atoms with van der Waals surface area (Å²) in [6.07, 6.45) is 0. The van der Waals surface area contributed by atoms with Crippen LogP contribution in [0.25, 0.3) is 0 Å². The summed E-state index contributed by atoms with van der Waals surface area (Å²) in [5.41, 5.74) is 0. The average Bonchev–Trinajstić information content (AvgIpc) is 1.39. The Hall–Kier alpha value is 0.920. The van der Waals surface area contributed by atoms with Crippen molar-refractivity contribution in [3.63, 3.8) is 0 Å². The molecule has 42 valence electrons. The molecule has 0 aliphatic rings. The molecule has 0 aromatic rings. The molecule has 0 radical (unpaired) electrons. The van der Waals surface area contributed by atoms with Crippen molar-refractivity contribution < 1.29 is 41.2 Å². The zero-order valence-corrected chi connectivity index (χ0v) is 7.31. The van der Waals surface area contributed by atoms with Crippen LogP contribution < -0.4 is 29.6 Å². The molecule has 0 aromatic heterocycles. The van der Waals surface area contributed by atoms with Gasteiger partial charge in [0.05, 0.1) is 0 Å². The van der Waals surface area contributed by atoms with Crippen LogP contribution in [0.4, 0.5) is 0 Å². The summed E-state index contributed by atoms with van der Waals surface area (Å²) in [7, 11) is 0. The van der Waals surface area contributed by atoms with Crippen molar-refractivity contribution in [3.05, 3.63) is 0 Å². The standard InChI is InChI=1S/2C2H6O.Na.H/c2*1-2-3;;/h2*3H,2H2,1H3;;/q;;+1;-1. The predicted octanol–water partition coefficient (Wildman–Crippen LogP) is -2.89. The Balaban J connectivity index is -0.0000000160. The summed E-state index contributed by atoms with van der Waals surface area (Å²) < 4.78 is 0. The van der Waals surface area contributed by atoms with Gasteiger partial charge in [0.1, 0.15) is 0 Å². The molecule has 0 heterocycles. The quantitative estimate of drug-likeness (QED) is 0.334. The minimum absolute atomic E-state index is 0. The topological polar surface area (TPSA) is 40.5 Å². The largest absolute Gasteiger partial charge is 1.00 e. The van der Waals surface area contributed by atoms with Gasteiger partial charge in [0.25, 0.3) is 0 Å². The second kappa shape index (κ2) is 28.4. The maximum atomic E-state index is 7.57. The monoisotopic (exact) mass is 116 g/mol. The summed E-state index contributed by atoms with van der Waals surface area (Å²) in [6.45, 7) is 3.86. The van der Waals surface area contributed by atoms with Crippen molar-refractivity contribution in [1.29, 1.82) is 0 Å². The maximum absolute atomic E-state index is 7.57. The van der Waals surface area contributed by atoms with Crippen LogP contribution >= 0.6 is 0 Å². The van der Waals surface area contributed by atoms with Gasteiger partial charge in [-0.3, -0.25) is 0 Å². The molecular formula is C4H13NaO2. The van der Waals surface area contributed by atoms with Crippen molar-refractivity contribution in [1.82, 2.24) is 0 Å². The second-order valence-electron chi connectivity index (χ2n) is 0.632. The van der Waals surface area contributed by atoms with Gasteiger partial charge in [-0.15, -0.1) is 0 Å². The minimum Gasteiger partial charge on any atom is -1.00 e. The molecule has 0 amide bonds. The van der Waals surface area contributed by atoms with E-state index in [1.54, 1.807) is 13.8 Å². The number of rotatable bonds is 0. The first kappa shape index (κ1) is 15.7. The minimum atomic E-state index is 0. The van der Waals surface area contributed by atoms with Crippen LogP contribution in [0.1, 0.15) is 15.3 Å². The first-order valence-electron chi connectivity index (χ1n) is 2.05. The van der Waals surface area contributed by atoms with Crippen molar-refractivity contribution in [2.45, 2.75) is 13.8 Å². The van der Waals surface area contributed by atoms with Crippen LogP contribution in [0.3, 0.4) is 0 Å². The molecule has 0 rings (SSSR count). The SMILES string of the molecule is CCO.CCO.[H-].[Na+]. The summed E-state index contributed by atoms with van der Waals surface area (Å²) >= 11 is 0. The number of hydrogen-bond donors (Lipinski definition) is 2. The first-order valence-corrected chi connectivity index (χ1v) is 2.05. The molecule has 0 aliphatic carbocycles. The van der Waals surface area contributed by atoms with Gasteiger partial charge < -0.3 is 11.6 Å². The number of hydrogen-bond acceptors (Lipinski definition) is 2. The van der Waals surface area contributed by atoms with E-state index in [1.807, 2.05) is 0 Å². The van der Waals surface area contributed by atoms with Crippen LogP contribution in [0.15, 0.2) is 0 Å². The fourth-order valence-corrected chi connectivity index (χ4v) is 0. The van der Waals surface area contributed by atoms with Gasteiger partial charge in [0.15, 0.2) is 0 Å². The van der Waals surface area contributed by atoms with Gasteiger partial charge in [0.2, 0.25) is 0 Å². The molecule has 2 nitrogen and oxygen atoms in total. The molecule has 3 heteroatoms. The Bertz CT molecular complexity index is 16.0. The van der Waals surface area contributed by atoms with Crippen molar-refractivity contribution in [2.24, 2.45) is 0 Å². The fraction of sp³-hybridized carbons (Fsp3) is 1.00. The van der Waals surface area contributed by atoms with E-state index in [2.05, 4.69) is 0 Å². The summed E-state index contributed by atoms with van der Waals surface area (Å²) in [6, 6.07) is 0. The van der Waals surface area contributed by atoms with Crippen LogP contribution in [0.5, 0.6) is 0 Å². The molecule has 0 atom stereocenters. The fourth-order valence-electron chi connectivity index (χ4n) is 0. The summed E-state index contributed by atoms with van der Waals surface area (Å²) in [4.78, 5) is 0. The second-order valence-corrected chi connectivity index (χ2v) is 0.632.